The summed E-state index contributed by atoms with van der Waals surface area (Å²) in [5.41, 5.74) is 0.204. The van der Waals surface area contributed by atoms with Crippen molar-refractivity contribution in [3.63, 3.8) is 0 Å². The Hall–Kier alpha value is -1.95. The van der Waals surface area contributed by atoms with Crippen LogP contribution in [0.2, 0.25) is 0 Å². The predicted molar refractivity (Wildman–Crippen MR) is 62.2 cm³/mol. The molecule has 0 atom stereocenters. The molecule has 0 aromatic carbocycles. The Morgan fingerprint density at radius 1 is 1.53 bits per heavy atom. The Morgan fingerprint density at radius 3 is 3.00 bits per heavy atom. The van der Waals surface area contributed by atoms with E-state index in [0.29, 0.717) is 18.7 Å². The van der Waals surface area contributed by atoms with Crippen LogP contribution in [0.5, 0.6) is 5.88 Å². The molecule has 0 radical (unpaired) electrons. The summed E-state index contributed by atoms with van der Waals surface area (Å²) in [5.74, 6) is -0.0673. The number of carbonyl (C=O) groups excluding carboxylic acids is 1. The molecular formula is C11H14N4O2. The average Bonchev–Trinajstić information content (AvgIpc) is 2.61. The van der Waals surface area contributed by atoms with Crippen molar-refractivity contribution in [3.05, 3.63) is 24.2 Å². The Balaban J connectivity index is 2.34. The minimum absolute atomic E-state index is 0.142. The third-order valence-electron chi connectivity index (χ3n) is 2.44. The number of hydrogen-bond donors (Lipinski definition) is 1. The maximum Gasteiger partial charge on any atom is 0.243 e. The fourth-order valence-electron chi connectivity index (χ4n) is 1.58. The third-order valence-corrected chi connectivity index (χ3v) is 2.44. The molecule has 0 saturated carbocycles. The van der Waals surface area contributed by atoms with Crippen LogP contribution in [-0.4, -0.2) is 50.8 Å². The minimum atomic E-state index is -0.257. The third kappa shape index (κ3) is 2.26. The zero-order valence-corrected chi connectivity index (χ0v) is 9.79. The van der Waals surface area contributed by atoms with E-state index in [1.54, 1.807) is 18.5 Å². The fraction of sp³-hybridized carbons (Fsp3) is 0.364. The molecule has 6 nitrogen and oxygen atoms in total. The van der Waals surface area contributed by atoms with Gasteiger partial charge in [0.2, 0.25) is 11.7 Å². The van der Waals surface area contributed by atoms with Crippen LogP contribution in [0.4, 0.5) is 0 Å². The van der Waals surface area contributed by atoms with Crippen LogP contribution in [0.15, 0.2) is 18.5 Å². The quantitative estimate of drug-likeness (QED) is 0.783. The summed E-state index contributed by atoms with van der Waals surface area (Å²) < 4.78 is 1.51. The molecule has 0 fully saturated rings. The number of Topliss-reactive ketones (excluding diaryl/α,β-unsaturated/α-hetero) is 1. The summed E-state index contributed by atoms with van der Waals surface area (Å²) in [6.07, 6.45) is 3.57. The largest absolute Gasteiger partial charge is 0.492 e. The van der Waals surface area contributed by atoms with E-state index in [-0.39, 0.29) is 17.4 Å². The van der Waals surface area contributed by atoms with Crippen LogP contribution < -0.4 is 0 Å². The average molecular weight is 234 g/mol. The van der Waals surface area contributed by atoms with E-state index in [4.69, 9.17) is 0 Å². The number of hydrogen-bond acceptors (Lipinski definition) is 5. The first-order chi connectivity index (χ1) is 8.09. The standard InChI is InChI=1S/C11H14N4O2/c1-14(2)7-4-8(16)9-10(17)13-11-12-5-3-6-15(9)11/h3,5-6,17H,4,7H2,1-2H3. The van der Waals surface area contributed by atoms with E-state index < -0.39 is 0 Å². The van der Waals surface area contributed by atoms with Gasteiger partial charge >= 0.3 is 0 Å². The molecule has 0 unspecified atom stereocenters. The fourth-order valence-corrected chi connectivity index (χ4v) is 1.58. The van der Waals surface area contributed by atoms with Crippen LogP contribution in [0.25, 0.3) is 5.78 Å². The number of aromatic hydroxyl groups is 1. The second kappa shape index (κ2) is 4.50. The van der Waals surface area contributed by atoms with Gasteiger partial charge in [0, 0.05) is 25.4 Å². The van der Waals surface area contributed by atoms with Gasteiger partial charge in [-0.2, -0.15) is 4.98 Å². The second-order valence-corrected chi connectivity index (χ2v) is 4.05. The van der Waals surface area contributed by atoms with Gasteiger partial charge in [-0.3, -0.25) is 9.20 Å². The van der Waals surface area contributed by atoms with Crippen molar-refractivity contribution in [2.75, 3.05) is 20.6 Å². The molecule has 90 valence electrons. The van der Waals surface area contributed by atoms with Crippen molar-refractivity contribution in [1.82, 2.24) is 19.3 Å². The number of ketones is 1. The Labute approximate surface area is 98.5 Å². The molecule has 17 heavy (non-hydrogen) atoms. The number of imidazole rings is 1. The molecule has 0 amide bonds. The normalized spacial score (nSPS) is 11.2. The van der Waals surface area contributed by atoms with Crippen molar-refractivity contribution in [2.45, 2.75) is 6.42 Å². The number of aromatic nitrogens is 3. The molecule has 1 N–H and O–H groups in total. The minimum Gasteiger partial charge on any atom is -0.492 e. The maximum atomic E-state index is 12.0. The van der Waals surface area contributed by atoms with Crippen LogP contribution in [0, 0.1) is 0 Å². The summed E-state index contributed by atoms with van der Waals surface area (Å²) in [5, 5.41) is 9.66. The monoisotopic (exact) mass is 234 g/mol. The van der Waals surface area contributed by atoms with E-state index >= 15 is 0 Å². The number of rotatable bonds is 4. The highest BCUT2D eigenvalue weighted by Gasteiger charge is 2.18. The van der Waals surface area contributed by atoms with Gasteiger partial charge in [-0.15, -0.1) is 0 Å². The van der Waals surface area contributed by atoms with Gasteiger partial charge in [-0.05, 0) is 20.2 Å². The van der Waals surface area contributed by atoms with E-state index in [9.17, 15) is 9.90 Å². The number of fused-ring (bicyclic) bond motifs is 1. The molecule has 2 aromatic rings. The van der Waals surface area contributed by atoms with Crippen molar-refractivity contribution in [3.8, 4) is 5.88 Å². The molecular weight excluding hydrogens is 220 g/mol. The molecule has 2 rings (SSSR count). The highest BCUT2D eigenvalue weighted by Crippen LogP contribution is 2.18. The lowest BCUT2D eigenvalue weighted by atomic mass is 10.2. The first kappa shape index (κ1) is 11.5. The van der Waals surface area contributed by atoms with Gasteiger partial charge in [-0.25, -0.2) is 4.98 Å². The Bertz CT molecular complexity index is 547. The summed E-state index contributed by atoms with van der Waals surface area (Å²) in [4.78, 5) is 21.7. The lowest BCUT2D eigenvalue weighted by Gasteiger charge is -2.07. The highest BCUT2D eigenvalue weighted by atomic mass is 16.3. The molecule has 0 spiro atoms. The van der Waals surface area contributed by atoms with Crippen molar-refractivity contribution in [2.24, 2.45) is 0 Å². The van der Waals surface area contributed by atoms with Gasteiger partial charge in [0.15, 0.2) is 11.5 Å². The highest BCUT2D eigenvalue weighted by molar-refractivity contribution is 5.97. The molecule has 0 aliphatic heterocycles. The summed E-state index contributed by atoms with van der Waals surface area (Å²) in [7, 11) is 3.78. The zero-order valence-electron chi connectivity index (χ0n) is 9.79. The number of carbonyl (C=O) groups is 1. The van der Waals surface area contributed by atoms with Crippen molar-refractivity contribution < 1.29 is 9.90 Å². The van der Waals surface area contributed by atoms with E-state index in [0.717, 1.165) is 0 Å². The molecule has 0 aliphatic rings. The van der Waals surface area contributed by atoms with Gasteiger partial charge in [0.05, 0.1) is 0 Å². The summed E-state index contributed by atoms with van der Waals surface area (Å²) >= 11 is 0. The van der Waals surface area contributed by atoms with Crippen LogP contribution in [0.3, 0.4) is 0 Å². The van der Waals surface area contributed by atoms with Gasteiger partial charge in [0.1, 0.15) is 0 Å². The van der Waals surface area contributed by atoms with Crippen LogP contribution >= 0.6 is 0 Å². The van der Waals surface area contributed by atoms with Crippen LogP contribution in [0.1, 0.15) is 16.9 Å². The molecule has 0 aliphatic carbocycles. The van der Waals surface area contributed by atoms with E-state index in [1.165, 1.54) is 4.40 Å². The van der Waals surface area contributed by atoms with Crippen LogP contribution in [-0.2, 0) is 0 Å². The SMILES string of the molecule is CN(C)CCC(=O)c1c(O)nc2ncccn12. The van der Waals surface area contributed by atoms with Crippen molar-refractivity contribution >= 4 is 11.6 Å². The topological polar surface area (TPSA) is 70.7 Å². The van der Waals surface area contributed by atoms with Gasteiger partial charge in [0.25, 0.3) is 0 Å². The number of nitrogens with zero attached hydrogens (tertiary/aromatic N) is 4. The first-order valence-electron chi connectivity index (χ1n) is 5.29. The van der Waals surface area contributed by atoms with E-state index in [1.807, 2.05) is 19.0 Å². The molecule has 0 saturated heterocycles. The smallest absolute Gasteiger partial charge is 0.243 e. The lowest BCUT2D eigenvalue weighted by molar-refractivity contribution is 0.0964. The maximum absolute atomic E-state index is 12.0. The first-order valence-corrected chi connectivity index (χ1v) is 5.29. The molecule has 0 bridgehead atoms. The summed E-state index contributed by atoms with van der Waals surface area (Å²) in [6.45, 7) is 0.631. The summed E-state index contributed by atoms with van der Waals surface area (Å²) in [6, 6.07) is 1.69. The molecule has 2 heterocycles. The molecule has 2 aromatic heterocycles. The zero-order chi connectivity index (χ0) is 12.4. The Kier molecular flexibility index (Phi) is 3.06. The predicted octanol–water partition coefficient (Wildman–Crippen LogP) is 0.569. The van der Waals surface area contributed by atoms with Gasteiger partial charge in [-0.1, -0.05) is 0 Å². The molecule has 6 heteroatoms. The van der Waals surface area contributed by atoms with Gasteiger partial charge < -0.3 is 10.0 Å². The van der Waals surface area contributed by atoms with E-state index in [2.05, 4.69) is 9.97 Å². The second-order valence-electron chi connectivity index (χ2n) is 4.05. The van der Waals surface area contributed by atoms with Crippen molar-refractivity contribution in [1.29, 1.82) is 0 Å². The lowest BCUT2D eigenvalue weighted by Crippen LogP contribution is -2.17. The Morgan fingerprint density at radius 2 is 2.29 bits per heavy atom.